The molecule has 0 fully saturated rings. The fraction of sp³-hybridized carbons (Fsp3) is 0.667. The highest BCUT2D eigenvalue weighted by molar-refractivity contribution is 14.0. The topological polar surface area (TPSA) is 67.6 Å². The molecule has 1 N–H and O–H groups in total. The van der Waals surface area contributed by atoms with Crippen LogP contribution in [0.2, 0.25) is 0 Å². The molecule has 0 radical (unpaired) electrons. The van der Waals surface area contributed by atoms with Gasteiger partial charge >= 0.3 is 0 Å². The fourth-order valence-electron chi connectivity index (χ4n) is 2.32. The van der Waals surface area contributed by atoms with Crippen LogP contribution in [0.1, 0.15) is 25.6 Å². The highest BCUT2D eigenvalue weighted by atomic mass is 127. The predicted octanol–water partition coefficient (Wildman–Crippen LogP) is 1.57. The average Bonchev–Trinajstić information content (AvgIpc) is 2.92. The number of aromatic nitrogens is 3. The normalized spacial score (nSPS) is 14.9. The van der Waals surface area contributed by atoms with Gasteiger partial charge in [-0.25, -0.2) is 4.98 Å². The molecule has 0 saturated heterocycles. The van der Waals surface area contributed by atoms with E-state index < -0.39 is 0 Å². The molecular formula is C15H27IN6O. The minimum absolute atomic E-state index is 0. The molecule has 1 aromatic heterocycles. The molecule has 23 heavy (non-hydrogen) atoms. The second-order valence-electron chi connectivity index (χ2n) is 5.33. The van der Waals surface area contributed by atoms with Crippen LogP contribution in [-0.4, -0.2) is 59.0 Å². The third-order valence-electron chi connectivity index (χ3n) is 3.63. The zero-order valence-corrected chi connectivity index (χ0v) is 16.5. The molecule has 1 aromatic rings. The van der Waals surface area contributed by atoms with Crippen molar-refractivity contribution in [2.75, 3.05) is 33.4 Å². The molecule has 8 heteroatoms. The van der Waals surface area contributed by atoms with Crippen LogP contribution in [0, 0.1) is 0 Å². The lowest BCUT2D eigenvalue weighted by atomic mass is 10.1. The number of guanidine groups is 1. The first-order valence-corrected chi connectivity index (χ1v) is 7.78. The van der Waals surface area contributed by atoms with E-state index in [1.165, 1.54) is 5.57 Å². The van der Waals surface area contributed by atoms with Crippen LogP contribution in [0.15, 0.2) is 23.0 Å². The summed E-state index contributed by atoms with van der Waals surface area (Å²) in [6.45, 7) is 5.97. The maximum absolute atomic E-state index is 5.33. The van der Waals surface area contributed by atoms with Gasteiger partial charge in [-0.3, -0.25) is 9.67 Å². The molecule has 0 atom stereocenters. The van der Waals surface area contributed by atoms with Crippen molar-refractivity contribution < 1.29 is 4.74 Å². The van der Waals surface area contributed by atoms with Crippen LogP contribution in [0.5, 0.6) is 0 Å². The van der Waals surface area contributed by atoms with Crippen molar-refractivity contribution in [1.82, 2.24) is 25.0 Å². The number of aryl methyl sites for hydroxylation is 1. The third-order valence-corrected chi connectivity index (χ3v) is 3.63. The van der Waals surface area contributed by atoms with E-state index in [-0.39, 0.29) is 24.0 Å². The largest absolute Gasteiger partial charge is 0.377 e. The molecule has 0 aliphatic carbocycles. The van der Waals surface area contributed by atoms with Crippen molar-refractivity contribution in [3.05, 3.63) is 23.8 Å². The van der Waals surface area contributed by atoms with Crippen molar-refractivity contribution in [2.24, 2.45) is 12.0 Å². The van der Waals surface area contributed by atoms with E-state index in [1.54, 1.807) is 11.0 Å². The van der Waals surface area contributed by atoms with Crippen molar-refractivity contribution in [3.63, 3.8) is 0 Å². The molecule has 0 spiro atoms. The Bertz CT molecular complexity index is 528. The average molecular weight is 434 g/mol. The van der Waals surface area contributed by atoms with Gasteiger partial charge < -0.3 is 15.0 Å². The van der Waals surface area contributed by atoms with Crippen LogP contribution < -0.4 is 5.32 Å². The van der Waals surface area contributed by atoms with E-state index in [4.69, 9.17) is 9.73 Å². The first-order valence-electron chi connectivity index (χ1n) is 7.78. The lowest BCUT2D eigenvalue weighted by Crippen LogP contribution is -2.39. The number of halogens is 1. The van der Waals surface area contributed by atoms with Gasteiger partial charge in [-0.15, -0.1) is 24.0 Å². The van der Waals surface area contributed by atoms with Crippen molar-refractivity contribution in [2.45, 2.75) is 26.3 Å². The van der Waals surface area contributed by atoms with E-state index in [2.05, 4.69) is 33.3 Å². The molecule has 0 saturated carbocycles. The number of rotatable bonds is 6. The standard InChI is InChI=1S/C15H26N6O.HI/c1-4-16-15(17-8-5-13-6-9-22-10-7-13)20(2)11-14-18-12-19-21(14)3;/h6,12H,4-5,7-11H2,1-3H3,(H,16,17);1H. The van der Waals surface area contributed by atoms with Crippen LogP contribution in [0.25, 0.3) is 0 Å². The summed E-state index contributed by atoms with van der Waals surface area (Å²) in [5.41, 5.74) is 1.45. The lowest BCUT2D eigenvalue weighted by molar-refractivity contribution is 0.153. The van der Waals surface area contributed by atoms with Gasteiger partial charge in [0, 0.05) is 27.2 Å². The monoisotopic (exact) mass is 434 g/mol. The number of ether oxygens (including phenoxy) is 1. The van der Waals surface area contributed by atoms with Crippen molar-refractivity contribution >= 4 is 29.9 Å². The maximum atomic E-state index is 5.33. The smallest absolute Gasteiger partial charge is 0.194 e. The zero-order chi connectivity index (χ0) is 15.8. The Kier molecular flexibility index (Phi) is 9.15. The van der Waals surface area contributed by atoms with Gasteiger partial charge in [0.15, 0.2) is 5.96 Å². The Hall–Kier alpha value is -1.16. The minimum Gasteiger partial charge on any atom is -0.377 e. The van der Waals surface area contributed by atoms with E-state index in [0.717, 1.165) is 50.9 Å². The Balaban J connectivity index is 0.00000264. The summed E-state index contributed by atoms with van der Waals surface area (Å²) in [7, 11) is 3.92. The van der Waals surface area contributed by atoms with E-state index in [9.17, 15) is 0 Å². The lowest BCUT2D eigenvalue weighted by Gasteiger charge is -2.21. The Morgan fingerprint density at radius 2 is 2.35 bits per heavy atom. The molecule has 0 amide bonds. The zero-order valence-electron chi connectivity index (χ0n) is 14.2. The number of hydrogen-bond donors (Lipinski definition) is 1. The first-order chi connectivity index (χ1) is 10.7. The fourth-order valence-corrected chi connectivity index (χ4v) is 2.32. The van der Waals surface area contributed by atoms with E-state index in [1.807, 2.05) is 14.1 Å². The van der Waals surface area contributed by atoms with Crippen LogP contribution in [0.3, 0.4) is 0 Å². The first kappa shape index (κ1) is 19.9. The molecule has 1 aliphatic rings. The summed E-state index contributed by atoms with van der Waals surface area (Å²) in [6, 6.07) is 0. The summed E-state index contributed by atoms with van der Waals surface area (Å²) in [5, 5.41) is 7.42. The number of nitrogens with one attached hydrogen (secondary N) is 1. The molecule has 2 rings (SSSR count). The van der Waals surface area contributed by atoms with Gasteiger partial charge in [0.2, 0.25) is 0 Å². The molecule has 0 bridgehead atoms. The molecule has 2 heterocycles. The van der Waals surface area contributed by atoms with E-state index >= 15 is 0 Å². The second kappa shape index (κ2) is 10.6. The van der Waals surface area contributed by atoms with Gasteiger partial charge in [-0.1, -0.05) is 11.6 Å². The summed E-state index contributed by atoms with van der Waals surface area (Å²) in [5.74, 6) is 1.82. The minimum atomic E-state index is 0. The summed E-state index contributed by atoms with van der Waals surface area (Å²) < 4.78 is 7.11. The Morgan fingerprint density at radius 3 is 2.96 bits per heavy atom. The molecule has 1 aliphatic heterocycles. The van der Waals surface area contributed by atoms with Crippen molar-refractivity contribution in [1.29, 1.82) is 0 Å². The third kappa shape index (κ3) is 6.46. The SMILES string of the molecule is CCNC(=NCCC1=CCOCC1)N(C)Cc1ncnn1C.I. The van der Waals surface area contributed by atoms with Gasteiger partial charge in [-0.05, 0) is 19.8 Å². The van der Waals surface area contributed by atoms with Gasteiger partial charge in [0.25, 0.3) is 0 Å². The summed E-state index contributed by atoms with van der Waals surface area (Å²) in [6.07, 6.45) is 5.77. The quantitative estimate of drug-likeness (QED) is 0.319. The van der Waals surface area contributed by atoms with E-state index in [0.29, 0.717) is 6.54 Å². The number of aliphatic imine (C=N–C) groups is 1. The molecular weight excluding hydrogens is 407 g/mol. The number of nitrogens with zero attached hydrogens (tertiary/aromatic N) is 5. The van der Waals surface area contributed by atoms with Crippen LogP contribution >= 0.6 is 24.0 Å². The molecule has 7 nitrogen and oxygen atoms in total. The second-order valence-corrected chi connectivity index (χ2v) is 5.33. The maximum Gasteiger partial charge on any atom is 0.194 e. The highest BCUT2D eigenvalue weighted by Gasteiger charge is 2.10. The number of hydrogen-bond acceptors (Lipinski definition) is 4. The van der Waals surface area contributed by atoms with Gasteiger partial charge in [-0.2, -0.15) is 5.10 Å². The predicted molar refractivity (Wildman–Crippen MR) is 102 cm³/mol. The van der Waals surface area contributed by atoms with Gasteiger partial charge in [0.05, 0.1) is 19.8 Å². The molecule has 0 unspecified atom stereocenters. The van der Waals surface area contributed by atoms with Crippen LogP contribution in [0.4, 0.5) is 0 Å². The Morgan fingerprint density at radius 1 is 1.52 bits per heavy atom. The summed E-state index contributed by atoms with van der Waals surface area (Å²) >= 11 is 0. The molecule has 0 aromatic carbocycles. The van der Waals surface area contributed by atoms with Crippen LogP contribution in [-0.2, 0) is 18.3 Å². The van der Waals surface area contributed by atoms with Gasteiger partial charge in [0.1, 0.15) is 12.2 Å². The highest BCUT2D eigenvalue weighted by Crippen LogP contribution is 2.11. The Labute approximate surface area is 155 Å². The summed E-state index contributed by atoms with van der Waals surface area (Å²) in [4.78, 5) is 11.0. The molecule has 130 valence electrons. The van der Waals surface area contributed by atoms with Crippen molar-refractivity contribution in [3.8, 4) is 0 Å².